The Morgan fingerprint density at radius 3 is 2.40 bits per heavy atom. The molecule has 0 aliphatic rings. The van der Waals surface area contributed by atoms with Crippen molar-refractivity contribution in [2.45, 2.75) is 24.8 Å². The van der Waals surface area contributed by atoms with Crippen molar-refractivity contribution in [3.05, 3.63) is 22.7 Å². The van der Waals surface area contributed by atoms with E-state index in [1.807, 2.05) is 32.8 Å². The minimum atomic E-state index is -3.55. The molecule has 0 radical (unpaired) electrons. The number of halogens is 1. The van der Waals surface area contributed by atoms with Gasteiger partial charge >= 0.3 is 0 Å². The third-order valence-electron chi connectivity index (χ3n) is 2.96. The van der Waals surface area contributed by atoms with Crippen LogP contribution in [0, 0.1) is 5.92 Å². The van der Waals surface area contributed by atoms with Crippen LogP contribution < -0.4 is 10.5 Å². The molecule has 1 aromatic rings. The maximum Gasteiger partial charge on any atom is 0.240 e. The molecule has 0 heterocycles. The summed E-state index contributed by atoms with van der Waals surface area (Å²) in [7, 11) is 0.289. The van der Waals surface area contributed by atoms with Gasteiger partial charge < -0.3 is 10.6 Å². The lowest BCUT2D eigenvalue weighted by molar-refractivity contribution is 0.314. The molecule has 1 unspecified atom stereocenters. The Bertz CT molecular complexity index is 559. The zero-order valence-corrected chi connectivity index (χ0v) is 14.6. The Kier molecular flexibility index (Phi) is 6.00. The fraction of sp³-hybridized carbons (Fsp3) is 0.538. The first-order valence-electron chi connectivity index (χ1n) is 6.35. The molecule has 5 nitrogen and oxygen atoms in total. The molecule has 3 N–H and O–H groups in total. The van der Waals surface area contributed by atoms with E-state index in [4.69, 9.17) is 5.73 Å². The highest BCUT2D eigenvalue weighted by molar-refractivity contribution is 9.10. The lowest BCUT2D eigenvalue weighted by Gasteiger charge is -2.25. The number of nitrogen functional groups attached to an aromatic ring is 1. The fourth-order valence-electron chi connectivity index (χ4n) is 1.72. The van der Waals surface area contributed by atoms with E-state index in [0.717, 1.165) is 0 Å². The molecule has 20 heavy (non-hydrogen) atoms. The third kappa shape index (κ3) is 4.73. The highest BCUT2D eigenvalue weighted by Gasteiger charge is 2.23. The van der Waals surface area contributed by atoms with Crippen molar-refractivity contribution in [2.75, 3.05) is 26.4 Å². The van der Waals surface area contributed by atoms with E-state index in [9.17, 15) is 8.42 Å². The van der Waals surface area contributed by atoms with E-state index in [1.165, 1.54) is 12.1 Å². The molecule has 1 aromatic carbocycles. The van der Waals surface area contributed by atoms with Crippen molar-refractivity contribution in [1.29, 1.82) is 0 Å². The number of anilines is 1. The Balaban J connectivity index is 3.00. The summed E-state index contributed by atoms with van der Waals surface area (Å²) in [5.74, 6) is 0.199. The summed E-state index contributed by atoms with van der Waals surface area (Å²) < 4.78 is 28.1. The highest BCUT2D eigenvalue weighted by atomic mass is 79.9. The van der Waals surface area contributed by atoms with Gasteiger partial charge in [0.15, 0.2) is 0 Å². The number of sulfonamides is 1. The van der Waals surface area contributed by atoms with Gasteiger partial charge in [0.1, 0.15) is 0 Å². The van der Waals surface area contributed by atoms with Crippen LogP contribution in [0.15, 0.2) is 27.6 Å². The summed E-state index contributed by atoms with van der Waals surface area (Å²) in [6.07, 6.45) is 0. The molecule has 1 atom stereocenters. The summed E-state index contributed by atoms with van der Waals surface area (Å²) in [6, 6.07) is 4.46. The zero-order valence-electron chi connectivity index (χ0n) is 12.2. The van der Waals surface area contributed by atoms with E-state index in [2.05, 4.69) is 20.7 Å². The van der Waals surface area contributed by atoms with Crippen LogP contribution >= 0.6 is 15.9 Å². The second kappa shape index (κ2) is 6.89. The molecule has 114 valence electrons. The van der Waals surface area contributed by atoms with Crippen LogP contribution in [0.1, 0.15) is 13.8 Å². The molecule has 0 aromatic heterocycles. The standard InChI is InChI=1S/C13H22BrN3O2S/c1-9(2)13(8-17(3)4)16-20(18,19)10-5-6-12(15)11(14)7-10/h5-7,9,13,16H,8,15H2,1-4H3. The van der Waals surface area contributed by atoms with Gasteiger partial charge in [-0.2, -0.15) is 0 Å². The number of nitrogens with one attached hydrogen (secondary N) is 1. The molecular formula is C13H22BrN3O2S. The summed E-state index contributed by atoms with van der Waals surface area (Å²) in [6.45, 7) is 4.64. The fourth-order valence-corrected chi connectivity index (χ4v) is 3.65. The largest absolute Gasteiger partial charge is 0.398 e. The van der Waals surface area contributed by atoms with Gasteiger partial charge in [-0.3, -0.25) is 0 Å². The van der Waals surface area contributed by atoms with Crippen molar-refractivity contribution in [1.82, 2.24) is 9.62 Å². The van der Waals surface area contributed by atoms with E-state index >= 15 is 0 Å². The van der Waals surface area contributed by atoms with Crippen LogP contribution in [0.25, 0.3) is 0 Å². The lowest BCUT2D eigenvalue weighted by Crippen LogP contribution is -2.44. The van der Waals surface area contributed by atoms with Crippen LogP contribution in [0.3, 0.4) is 0 Å². The highest BCUT2D eigenvalue weighted by Crippen LogP contribution is 2.23. The number of hydrogen-bond donors (Lipinski definition) is 2. The minimum absolute atomic E-state index is 0.147. The van der Waals surface area contributed by atoms with Crippen LogP contribution in [-0.4, -0.2) is 40.0 Å². The predicted molar refractivity (Wildman–Crippen MR) is 86.1 cm³/mol. The number of rotatable bonds is 6. The number of benzene rings is 1. The van der Waals surface area contributed by atoms with Crippen LogP contribution in [0.5, 0.6) is 0 Å². The number of likely N-dealkylation sites (N-methyl/N-ethyl adjacent to an activating group) is 1. The second-order valence-corrected chi connectivity index (χ2v) is 7.99. The number of hydrogen-bond acceptors (Lipinski definition) is 4. The molecule has 1 rings (SSSR count). The van der Waals surface area contributed by atoms with Crippen molar-refractivity contribution >= 4 is 31.6 Å². The first-order valence-corrected chi connectivity index (χ1v) is 8.63. The van der Waals surface area contributed by atoms with Crippen molar-refractivity contribution in [2.24, 2.45) is 5.92 Å². The molecule has 0 aliphatic carbocycles. The molecule has 7 heteroatoms. The zero-order chi connectivity index (χ0) is 15.5. The van der Waals surface area contributed by atoms with E-state index in [0.29, 0.717) is 16.7 Å². The van der Waals surface area contributed by atoms with Crippen molar-refractivity contribution in [3.8, 4) is 0 Å². The van der Waals surface area contributed by atoms with Crippen molar-refractivity contribution in [3.63, 3.8) is 0 Å². The van der Waals surface area contributed by atoms with Gasteiger partial charge in [-0.05, 0) is 54.1 Å². The molecular weight excluding hydrogens is 342 g/mol. The molecule has 0 saturated heterocycles. The summed E-state index contributed by atoms with van der Waals surface area (Å²) in [5, 5.41) is 0. The molecule has 0 spiro atoms. The van der Waals surface area contributed by atoms with E-state index in [1.54, 1.807) is 6.07 Å². The van der Waals surface area contributed by atoms with Crippen LogP contribution in [-0.2, 0) is 10.0 Å². The normalized spacial score (nSPS) is 13.9. The van der Waals surface area contributed by atoms with Crippen LogP contribution in [0.2, 0.25) is 0 Å². The van der Waals surface area contributed by atoms with Gasteiger partial charge in [-0.25, -0.2) is 13.1 Å². The topological polar surface area (TPSA) is 75.4 Å². The van der Waals surface area contributed by atoms with E-state index < -0.39 is 10.0 Å². The quantitative estimate of drug-likeness (QED) is 0.756. The molecule has 0 aliphatic heterocycles. The third-order valence-corrected chi connectivity index (χ3v) is 5.13. The lowest BCUT2D eigenvalue weighted by atomic mass is 10.1. The van der Waals surface area contributed by atoms with Gasteiger partial charge in [0.05, 0.1) is 4.90 Å². The first kappa shape index (κ1) is 17.4. The van der Waals surface area contributed by atoms with Crippen molar-refractivity contribution < 1.29 is 8.42 Å². The SMILES string of the molecule is CC(C)C(CN(C)C)NS(=O)(=O)c1ccc(N)c(Br)c1. The van der Waals surface area contributed by atoms with E-state index in [-0.39, 0.29) is 16.9 Å². The van der Waals surface area contributed by atoms with Gasteiger partial charge in [-0.15, -0.1) is 0 Å². The first-order chi connectivity index (χ1) is 9.13. The van der Waals surface area contributed by atoms with Gasteiger partial charge in [0.25, 0.3) is 0 Å². The average Bonchev–Trinajstić information content (AvgIpc) is 2.30. The number of nitrogens with zero attached hydrogens (tertiary/aromatic N) is 1. The Morgan fingerprint density at radius 1 is 1.35 bits per heavy atom. The summed E-state index contributed by atoms with van der Waals surface area (Å²) in [4.78, 5) is 2.18. The smallest absolute Gasteiger partial charge is 0.240 e. The molecule has 0 bridgehead atoms. The monoisotopic (exact) mass is 363 g/mol. The molecule has 0 amide bonds. The predicted octanol–water partition coefficient (Wildman–Crippen LogP) is 1.90. The number of nitrogens with two attached hydrogens (primary N) is 1. The summed E-state index contributed by atoms with van der Waals surface area (Å²) in [5.41, 5.74) is 6.19. The average molecular weight is 364 g/mol. The van der Waals surface area contributed by atoms with Gasteiger partial charge in [0, 0.05) is 22.7 Å². The van der Waals surface area contributed by atoms with Gasteiger partial charge in [-0.1, -0.05) is 13.8 Å². The van der Waals surface area contributed by atoms with Crippen LogP contribution in [0.4, 0.5) is 5.69 Å². The van der Waals surface area contributed by atoms with Gasteiger partial charge in [0.2, 0.25) is 10.0 Å². The Morgan fingerprint density at radius 2 is 1.95 bits per heavy atom. The second-order valence-electron chi connectivity index (χ2n) is 5.42. The summed E-state index contributed by atoms with van der Waals surface area (Å²) >= 11 is 3.25. The Hall–Kier alpha value is -0.630. The maximum absolute atomic E-state index is 12.4. The maximum atomic E-state index is 12.4. The molecule has 0 saturated carbocycles. The Labute approximate surface area is 129 Å². The minimum Gasteiger partial charge on any atom is -0.398 e. The molecule has 0 fully saturated rings.